The second kappa shape index (κ2) is 11.1. The van der Waals surface area contributed by atoms with E-state index in [0.29, 0.717) is 42.5 Å². The van der Waals surface area contributed by atoms with Gasteiger partial charge in [-0.05, 0) is 85.1 Å². The first kappa shape index (κ1) is 25.7. The number of nitrogens with zero attached hydrogens (tertiary/aromatic N) is 1. The maximum Gasteiger partial charge on any atom is 0.264 e. The number of carbonyl (C=O) groups is 1. The Bertz CT molecular complexity index is 1360. The van der Waals surface area contributed by atoms with Gasteiger partial charge in [0.05, 0.1) is 17.2 Å². The standard InChI is InChI=1S/C27H29N3O4S2/c1-19(2)15-17-34-23-8-5-7-21(18-23)26(31)29-27(35)28-22-10-12-24(13-11-22)36(32,33)30-16-14-20-6-3-4-9-25(20)30/h3-13,18-19H,14-17H2,1-2H3,(H2,28,29,31,35). The summed E-state index contributed by atoms with van der Waals surface area (Å²) in [5.74, 6) is 0.791. The van der Waals surface area contributed by atoms with Crippen LogP contribution < -0.4 is 19.7 Å². The molecule has 0 spiro atoms. The maximum absolute atomic E-state index is 13.2. The van der Waals surface area contributed by atoms with Gasteiger partial charge in [-0.25, -0.2) is 8.42 Å². The van der Waals surface area contributed by atoms with Crippen LogP contribution in [0.2, 0.25) is 0 Å². The van der Waals surface area contributed by atoms with Crippen molar-refractivity contribution in [2.75, 3.05) is 22.8 Å². The summed E-state index contributed by atoms with van der Waals surface area (Å²) in [7, 11) is -3.68. The lowest BCUT2D eigenvalue weighted by molar-refractivity contribution is 0.0977. The lowest BCUT2D eigenvalue weighted by Crippen LogP contribution is -2.34. The van der Waals surface area contributed by atoms with Crippen LogP contribution in [-0.4, -0.2) is 32.6 Å². The number of rotatable bonds is 8. The molecule has 7 nitrogen and oxygen atoms in total. The Kier molecular flexibility index (Phi) is 7.91. The van der Waals surface area contributed by atoms with E-state index in [1.807, 2.05) is 30.3 Å². The van der Waals surface area contributed by atoms with E-state index in [1.54, 1.807) is 30.3 Å². The number of amides is 1. The van der Waals surface area contributed by atoms with Gasteiger partial charge in [0.1, 0.15) is 5.75 Å². The summed E-state index contributed by atoms with van der Waals surface area (Å²) in [5.41, 5.74) is 2.73. The van der Waals surface area contributed by atoms with E-state index in [9.17, 15) is 13.2 Å². The number of para-hydroxylation sites is 1. The minimum Gasteiger partial charge on any atom is -0.494 e. The number of carbonyl (C=O) groups excluding carboxylic acids is 1. The molecule has 0 radical (unpaired) electrons. The zero-order valence-corrected chi connectivity index (χ0v) is 21.9. The highest BCUT2D eigenvalue weighted by Crippen LogP contribution is 2.32. The van der Waals surface area contributed by atoms with Crippen molar-refractivity contribution in [3.05, 3.63) is 83.9 Å². The summed E-state index contributed by atoms with van der Waals surface area (Å²) in [6, 6.07) is 20.7. The highest BCUT2D eigenvalue weighted by molar-refractivity contribution is 7.92. The molecule has 4 rings (SSSR count). The van der Waals surface area contributed by atoms with Gasteiger partial charge in [0, 0.05) is 17.8 Å². The van der Waals surface area contributed by atoms with Crippen LogP contribution in [0.1, 0.15) is 36.2 Å². The number of benzene rings is 3. The zero-order chi connectivity index (χ0) is 25.7. The third-order valence-electron chi connectivity index (χ3n) is 5.83. The van der Waals surface area contributed by atoms with Crippen molar-refractivity contribution in [3.63, 3.8) is 0 Å². The fourth-order valence-electron chi connectivity index (χ4n) is 3.87. The van der Waals surface area contributed by atoms with Crippen molar-refractivity contribution in [2.24, 2.45) is 5.92 Å². The monoisotopic (exact) mass is 523 g/mol. The Hall–Kier alpha value is -3.43. The third-order valence-corrected chi connectivity index (χ3v) is 7.86. The average molecular weight is 524 g/mol. The predicted octanol–water partition coefficient (Wildman–Crippen LogP) is 4.99. The van der Waals surface area contributed by atoms with Crippen molar-refractivity contribution in [3.8, 4) is 5.75 Å². The number of hydrogen-bond acceptors (Lipinski definition) is 5. The van der Waals surface area contributed by atoms with Crippen molar-refractivity contribution >= 4 is 44.6 Å². The van der Waals surface area contributed by atoms with Gasteiger partial charge >= 0.3 is 0 Å². The molecule has 0 bridgehead atoms. The molecule has 1 aliphatic rings. The second-order valence-corrected chi connectivity index (χ2v) is 11.2. The Morgan fingerprint density at radius 2 is 1.81 bits per heavy atom. The van der Waals surface area contributed by atoms with Crippen molar-refractivity contribution in [1.29, 1.82) is 0 Å². The molecule has 0 saturated heterocycles. The summed E-state index contributed by atoms with van der Waals surface area (Å²) < 4.78 is 33.5. The molecule has 3 aromatic carbocycles. The molecule has 0 saturated carbocycles. The van der Waals surface area contributed by atoms with Crippen LogP contribution in [0.25, 0.3) is 0 Å². The van der Waals surface area contributed by atoms with Crippen LogP contribution >= 0.6 is 12.2 Å². The summed E-state index contributed by atoms with van der Waals surface area (Å²) in [4.78, 5) is 12.8. The molecule has 0 fully saturated rings. The van der Waals surface area contributed by atoms with Gasteiger partial charge in [-0.3, -0.25) is 14.4 Å². The van der Waals surface area contributed by atoms with Gasteiger partial charge in [-0.15, -0.1) is 0 Å². The minimum atomic E-state index is -3.68. The topological polar surface area (TPSA) is 87.7 Å². The smallest absolute Gasteiger partial charge is 0.264 e. The Morgan fingerprint density at radius 3 is 2.56 bits per heavy atom. The molecule has 1 heterocycles. The summed E-state index contributed by atoms with van der Waals surface area (Å²) >= 11 is 5.28. The van der Waals surface area contributed by atoms with Gasteiger partial charge in [-0.2, -0.15) is 0 Å². The molecule has 1 amide bonds. The van der Waals surface area contributed by atoms with Crippen molar-refractivity contribution in [2.45, 2.75) is 31.6 Å². The molecule has 0 atom stereocenters. The summed E-state index contributed by atoms with van der Waals surface area (Å²) in [6.07, 6.45) is 1.62. The van der Waals surface area contributed by atoms with Crippen LogP contribution in [0.3, 0.4) is 0 Å². The van der Waals surface area contributed by atoms with Crippen LogP contribution in [-0.2, 0) is 16.4 Å². The average Bonchev–Trinajstić information content (AvgIpc) is 3.29. The number of nitrogens with one attached hydrogen (secondary N) is 2. The van der Waals surface area contributed by atoms with E-state index >= 15 is 0 Å². The van der Waals surface area contributed by atoms with Crippen molar-refractivity contribution in [1.82, 2.24) is 5.32 Å². The normalized spacial score (nSPS) is 12.8. The highest BCUT2D eigenvalue weighted by Gasteiger charge is 2.30. The largest absolute Gasteiger partial charge is 0.494 e. The van der Waals surface area contributed by atoms with Gasteiger partial charge < -0.3 is 10.1 Å². The first-order valence-corrected chi connectivity index (χ1v) is 13.6. The molecule has 2 N–H and O–H groups in total. The SMILES string of the molecule is CC(C)CCOc1cccc(C(=O)NC(=S)Nc2ccc(S(=O)(=O)N3CCc4ccccc43)cc2)c1. The van der Waals surface area contributed by atoms with Crippen molar-refractivity contribution < 1.29 is 17.9 Å². The molecule has 188 valence electrons. The molecule has 9 heteroatoms. The Morgan fingerprint density at radius 1 is 1.06 bits per heavy atom. The number of ether oxygens (including phenoxy) is 1. The van der Waals surface area contributed by atoms with Crippen LogP contribution in [0, 0.1) is 5.92 Å². The third kappa shape index (κ3) is 6.03. The number of sulfonamides is 1. The van der Waals surface area contributed by atoms with E-state index in [0.717, 1.165) is 17.7 Å². The highest BCUT2D eigenvalue weighted by atomic mass is 32.2. The number of hydrogen-bond donors (Lipinski definition) is 2. The molecular formula is C27H29N3O4S2. The number of anilines is 2. The molecule has 36 heavy (non-hydrogen) atoms. The maximum atomic E-state index is 13.2. The Balaban J connectivity index is 1.36. The van der Waals surface area contributed by atoms with Gasteiger partial charge in [0.15, 0.2) is 5.11 Å². The second-order valence-electron chi connectivity index (χ2n) is 8.95. The minimum absolute atomic E-state index is 0.107. The fraction of sp³-hybridized carbons (Fsp3) is 0.259. The fourth-order valence-corrected chi connectivity index (χ4v) is 5.59. The Labute approximate surface area is 217 Å². The first-order chi connectivity index (χ1) is 17.2. The predicted molar refractivity (Wildman–Crippen MR) is 146 cm³/mol. The lowest BCUT2D eigenvalue weighted by Gasteiger charge is -2.19. The van der Waals surface area contributed by atoms with E-state index in [-0.39, 0.29) is 15.9 Å². The van der Waals surface area contributed by atoms with Crippen LogP contribution in [0.4, 0.5) is 11.4 Å². The number of fused-ring (bicyclic) bond motifs is 1. The van der Waals surface area contributed by atoms with E-state index in [4.69, 9.17) is 17.0 Å². The van der Waals surface area contributed by atoms with E-state index < -0.39 is 10.0 Å². The van der Waals surface area contributed by atoms with Gasteiger partial charge in [0.25, 0.3) is 15.9 Å². The van der Waals surface area contributed by atoms with Gasteiger partial charge in [0.2, 0.25) is 0 Å². The first-order valence-electron chi connectivity index (χ1n) is 11.8. The van der Waals surface area contributed by atoms with E-state index in [1.165, 1.54) is 16.4 Å². The number of thiocarbonyl (C=S) groups is 1. The quantitative estimate of drug-likeness (QED) is 0.405. The summed E-state index contributed by atoms with van der Waals surface area (Å²) in [5, 5.41) is 5.68. The lowest BCUT2D eigenvalue weighted by atomic mass is 10.1. The molecular weight excluding hydrogens is 494 g/mol. The molecule has 0 aliphatic carbocycles. The zero-order valence-electron chi connectivity index (χ0n) is 20.2. The van der Waals surface area contributed by atoms with Gasteiger partial charge in [-0.1, -0.05) is 38.1 Å². The molecule has 3 aromatic rings. The molecule has 0 aromatic heterocycles. The van der Waals surface area contributed by atoms with Crippen LogP contribution in [0.15, 0.2) is 77.7 Å². The van der Waals surface area contributed by atoms with Crippen LogP contribution in [0.5, 0.6) is 5.75 Å². The van der Waals surface area contributed by atoms with E-state index in [2.05, 4.69) is 24.5 Å². The molecule has 0 unspecified atom stereocenters. The summed E-state index contributed by atoms with van der Waals surface area (Å²) in [6.45, 7) is 5.25. The molecule has 1 aliphatic heterocycles.